The number of nitrogens with two attached hydrogens (primary N) is 1. The smallest absolute Gasteiger partial charge is 0.147 e. The zero-order valence-electron chi connectivity index (χ0n) is 8.42. The Hall–Kier alpha value is -0.610. The summed E-state index contributed by atoms with van der Waals surface area (Å²) < 4.78 is 14.4. The lowest BCUT2D eigenvalue weighted by Gasteiger charge is -2.32. The molecule has 2 nitrogen and oxygen atoms in total. The van der Waals surface area contributed by atoms with E-state index in [9.17, 15) is 4.39 Å². The Morgan fingerprint density at radius 3 is 2.93 bits per heavy atom. The SMILES string of the molecule is NC1CCCN(c2ccc(Br)cc2F)C1. The van der Waals surface area contributed by atoms with E-state index in [1.54, 1.807) is 6.07 Å². The van der Waals surface area contributed by atoms with Crippen molar-refractivity contribution < 1.29 is 4.39 Å². The van der Waals surface area contributed by atoms with Gasteiger partial charge in [0.05, 0.1) is 5.69 Å². The van der Waals surface area contributed by atoms with Crippen LogP contribution in [0.15, 0.2) is 22.7 Å². The van der Waals surface area contributed by atoms with Crippen molar-refractivity contribution in [1.29, 1.82) is 0 Å². The summed E-state index contributed by atoms with van der Waals surface area (Å²) in [4.78, 5) is 2.02. The minimum Gasteiger partial charge on any atom is -0.368 e. The minimum absolute atomic E-state index is 0.168. The number of anilines is 1. The van der Waals surface area contributed by atoms with E-state index in [2.05, 4.69) is 15.9 Å². The van der Waals surface area contributed by atoms with Gasteiger partial charge in [-0.3, -0.25) is 0 Å². The van der Waals surface area contributed by atoms with Crippen LogP contribution in [0.5, 0.6) is 0 Å². The van der Waals surface area contributed by atoms with E-state index in [0.717, 1.165) is 30.4 Å². The molecule has 0 spiro atoms. The van der Waals surface area contributed by atoms with Gasteiger partial charge in [0.15, 0.2) is 0 Å². The fourth-order valence-corrected chi connectivity index (χ4v) is 2.30. The molecule has 1 aromatic rings. The van der Waals surface area contributed by atoms with E-state index in [4.69, 9.17) is 5.73 Å². The van der Waals surface area contributed by atoms with Crippen LogP contribution in [0, 0.1) is 5.82 Å². The van der Waals surface area contributed by atoms with Crippen LogP contribution < -0.4 is 10.6 Å². The zero-order chi connectivity index (χ0) is 10.8. The molecule has 2 rings (SSSR count). The van der Waals surface area contributed by atoms with E-state index in [1.807, 2.05) is 11.0 Å². The van der Waals surface area contributed by atoms with Crippen molar-refractivity contribution in [2.24, 2.45) is 5.73 Å². The largest absolute Gasteiger partial charge is 0.368 e. The molecule has 1 aliphatic heterocycles. The molecule has 2 N–H and O–H groups in total. The zero-order valence-corrected chi connectivity index (χ0v) is 10.0. The third kappa shape index (κ3) is 2.49. The average molecular weight is 273 g/mol. The van der Waals surface area contributed by atoms with Crippen molar-refractivity contribution in [3.05, 3.63) is 28.5 Å². The molecule has 4 heteroatoms. The van der Waals surface area contributed by atoms with Gasteiger partial charge in [-0.15, -0.1) is 0 Å². The fourth-order valence-electron chi connectivity index (χ4n) is 1.97. The molecule has 0 bridgehead atoms. The Balaban J connectivity index is 2.21. The summed E-state index contributed by atoms with van der Waals surface area (Å²) in [5.74, 6) is -0.182. The van der Waals surface area contributed by atoms with Crippen LogP contribution in [0.2, 0.25) is 0 Å². The summed E-state index contributed by atoms with van der Waals surface area (Å²) in [5.41, 5.74) is 6.53. The van der Waals surface area contributed by atoms with Gasteiger partial charge in [0.1, 0.15) is 5.82 Å². The van der Waals surface area contributed by atoms with Gasteiger partial charge in [-0.2, -0.15) is 0 Å². The summed E-state index contributed by atoms with van der Waals surface area (Å²) in [5, 5.41) is 0. The van der Waals surface area contributed by atoms with Crippen LogP contribution in [0.1, 0.15) is 12.8 Å². The molecule has 0 aromatic heterocycles. The van der Waals surface area contributed by atoms with Crippen LogP contribution in [0.3, 0.4) is 0 Å². The first-order chi connectivity index (χ1) is 7.16. The van der Waals surface area contributed by atoms with Crippen molar-refractivity contribution in [3.8, 4) is 0 Å². The van der Waals surface area contributed by atoms with Gasteiger partial charge in [0.25, 0.3) is 0 Å². The molecule has 1 fully saturated rings. The van der Waals surface area contributed by atoms with Crippen molar-refractivity contribution >= 4 is 21.6 Å². The lowest BCUT2D eigenvalue weighted by molar-refractivity contribution is 0.498. The van der Waals surface area contributed by atoms with Gasteiger partial charge in [0, 0.05) is 23.6 Å². The molecule has 1 aliphatic rings. The highest BCUT2D eigenvalue weighted by Gasteiger charge is 2.19. The molecule has 1 saturated heterocycles. The van der Waals surface area contributed by atoms with Gasteiger partial charge in [-0.25, -0.2) is 4.39 Å². The van der Waals surface area contributed by atoms with Gasteiger partial charge in [-0.05, 0) is 31.0 Å². The molecule has 1 aromatic carbocycles. The number of piperidine rings is 1. The summed E-state index contributed by atoms with van der Waals surface area (Å²) >= 11 is 3.25. The lowest BCUT2D eigenvalue weighted by Crippen LogP contribution is -2.43. The Morgan fingerprint density at radius 2 is 2.27 bits per heavy atom. The second kappa shape index (κ2) is 4.49. The standard InChI is InChI=1S/C11H14BrFN2/c12-8-3-4-11(10(13)6-8)15-5-1-2-9(14)7-15/h3-4,6,9H,1-2,5,7,14H2. The molecule has 0 aliphatic carbocycles. The van der Waals surface area contributed by atoms with E-state index >= 15 is 0 Å². The number of benzene rings is 1. The third-order valence-corrected chi connectivity index (χ3v) is 3.20. The second-order valence-electron chi connectivity index (χ2n) is 3.94. The third-order valence-electron chi connectivity index (χ3n) is 2.71. The Bertz CT molecular complexity index is 356. The molecule has 1 atom stereocenters. The van der Waals surface area contributed by atoms with Crippen LogP contribution in [-0.2, 0) is 0 Å². The van der Waals surface area contributed by atoms with Gasteiger partial charge in [-0.1, -0.05) is 15.9 Å². The summed E-state index contributed by atoms with van der Waals surface area (Å²) in [6.07, 6.45) is 2.07. The van der Waals surface area contributed by atoms with Crippen molar-refractivity contribution in [1.82, 2.24) is 0 Å². The Morgan fingerprint density at radius 1 is 1.47 bits per heavy atom. The molecule has 0 saturated carbocycles. The first-order valence-corrected chi connectivity index (χ1v) is 5.91. The summed E-state index contributed by atoms with van der Waals surface area (Å²) in [6.45, 7) is 1.64. The number of hydrogen-bond acceptors (Lipinski definition) is 2. The number of halogens is 2. The highest BCUT2D eigenvalue weighted by atomic mass is 79.9. The Labute approximate surface area is 97.4 Å². The van der Waals surface area contributed by atoms with Crippen LogP contribution in [-0.4, -0.2) is 19.1 Å². The van der Waals surface area contributed by atoms with Gasteiger partial charge in [0.2, 0.25) is 0 Å². The maximum atomic E-state index is 13.6. The lowest BCUT2D eigenvalue weighted by atomic mass is 10.1. The molecule has 0 amide bonds. The highest BCUT2D eigenvalue weighted by Crippen LogP contribution is 2.25. The van der Waals surface area contributed by atoms with Crippen LogP contribution >= 0.6 is 15.9 Å². The highest BCUT2D eigenvalue weighted by molar-refractivity contribution is 9.10. The molecule has 1 heterocycles. The molecule has 0 radical (unpaired) electrons. The number of hydrogen-bond donors (Lipinski definition) is 1. The van der Waals surface area contributed by atoms with Gasteiger partial charge >= 0.3 is 0 Å². The van der Waals surface area contributed by atoms with Crippen molar-refractivity contribution in [2.45, 2.75) is 18.9 Å². The van der Waals surface area contributed by atoms with Crippen LogP contribution in [0.25, 0.3) is 0 Å². The topological polar surface area (TPSA) is 29.3 Å². The predicted molar refractivity (Wildman–Crippen MR) is 63.5 cm³/mol. The summed E-state index contributed by atoms with van der Waals surface area (Å²) in [6, 6.07) is 5.33. The van der Waals surface area contributed by atoms with E-state index in [1.165, 1.54) is 6.07 Å². The van der Waals surface area contributed by atoms with E-state index < -0.39 is 0 Å². The first kappa shape index (κ1) is 10.9. The Kier molecular flexibility index (Phi) is 3.26. The maximum absolute atomic E-state index is 13.6. The molecular formula is C11H14BrFN2. The normalized spacial score (nSPS) is 21.8. The molecule has 82 valence electrons. The number of nitrogens with zero attached hydrogens (tertiary/aromatic N) is 1. The molecule has 1 unspecified atom stereocenters. The molecular weight excluding hydrogens is 259 g/mol. The molecule has 15 heavy (non-hydrogen) atoms. The fraction of sp³-hybridized carbons (Fsp3) is 0.455. The van der Waals surface area contributed by atoms with E-state index in [-0.39, 0.29) is 11.9 Å². The average Bonchev–Trinajstić information content (AvgIpc) is 2.17. The summed E-state index contributed by atoms with van der Waals surface area (Å²) in [7, 11) is 0. The predicted octanol–water partition coefficient (Wildman–Crippen LogP) is 2.52. The quantitative estimate of drug-likeness (QED) is 0.851. The van der Waals surface area contributed by atoms with Gasteiger partial charge < -0.3 is 10.6 Å². The van der Waals surface area contributed by atoms with Crippen molar-refractivity contribution in [3.63, 3.8) is 0 Å². The first-order valence-electron chi connectivity index (χ1n) is 5.12. The maximum Gasteiger partial charge on any atom is 0.147 e. The number of rotatable bonds is 1. The second-order valence-corrected chi connectivity index (χ2v) is 4.86. The monoisotopic (exact) mass is 272 g/mol. The van der Waals surface area contributed by atoms with E-state index in [0.29, 0.717) is 5.69 Å². The van der Waals surface area contributed by atoms with Crippen LogP contribution in [0.4, 0.5) is 10.1 Å². The van der Waals surface area contributed by atoms with Crippen molar-refractivity contribution in [2.75, 3.05) is 18.0 Å². The minimum atomic E-state index is -0.182.